The van der Waals surface area contributed by atoms with Gasteiger partial charge in [-0.1, -0.05) is 30.3 Å². The summed E-state index contributed by atoms with van der Waals surface area (Å²) in [4.78, 5) is 32.9. The smallest absolute Gasteiger partial charge is 0.260 e. The number of aromatic hydroxyl groups is 1. The zero-order chi connectivity index (χ0) is 22.0. The largest absolute Gasteiger partial charge is 0.508 e. The normalized spacial score (nSPS) is 18.1. The Morgan fingerprint density at radius 2 is 2.00 bits per heavy atom. The Kier molecular flexibility index (Phi) is 6.13. The first-order valence-electron chi connectivity index (χ1n) is 9.98. The number of phenolic OH excluding ortho intramolecular Hbond substituents is 1. The van der Waals surface area contributed by atoms with Crippen LogP contribution in [-0.2, 0) is 11.3 Å². The van der Waals surface area contributed by atoms with Gasteiger partial charge >= 0.3 is 0 Å². The van der Waals surface area contributed by atoms with Crippen molar-refractivity contribution in [1.29, 1.82) is 0 Å². The molecule has 0 aliphatic carbocycles. The van der Waals surface area contributed by atoms with E-state index in [0.29, 0.717) is 6.54 Å². The van der Waals surface area contributed by atoms with Crippen molar-refractivity contribution in [3.8, 4) is 16.2 Å². The summed E-state index contributed by atoms with van der Waals surface area (Å²) < 4.78 is 0. The molecule has 2 heterocycles. The standard InChI is InChI=1S/C23H23N3O4S/c1-14-21(31-13-25-14)16-7-5-15(6-8-16)12-26(23(30)20-10-19(28)11-24-20)22(29)17-3-2-4-18(27)9-17/h2-9,13,19-20,24,27-28H,10-12H2,1H3/t19-,20+/m1/s1. The molecule has 1 aliphatic heterocycles. The first-order valence-corrected chi connectivity index (χ1v) is 10.9. The Morgan fingerprint density at radius 1 is 1.23 bits per heavy atom. The van der Waals surface area contributed by atoms with Crippen molar-refractivity contribution >= 4 is 23.2 Å². The average Bonchev–Trinajstić information content (AvgIpc) is 3.40. The molecule has 3 aromatic rings. The topological polar surface area (TPSA) is 103 Å². The molecular weight excluding hydrogens is 414 g/mol. The van der Waals surface area contributed by atoms with Crippen molar-refractivity contribution in [2.24, 2.45) is 0 Å². The fourth-order valence-corrected chi connectivity index (χ4v) is 4.47. The predicted octanol–water partition coefficient (Wildman–Crippen LogP) is 2.72. The van der Waals surface area contributed by atoms with E-state index in [9.17, 15) is 19.8 Å². The van der Waals surface area contributed by atoms with Gasteiger partial charge in [0.25, 0.3) is 5.91 Å². The van der Waals surface area contributed by atoms with E-state index in [1.807, 2.05) is 31.2 Å². The zero-order valence-corrected chi connectivity index (χ0v) is 17.8. The maximum atomic E-state index is 13.2. The lowest BCUT2D eigenvalue weighted by molar-refractivity contribution is -0.131. The number of hydrogen-bond donors (Lipinski definition) is 3. The number of nitrogens with one attached hydrogen (secondary N) is 1. The van der Waals surface area contributed by atoms with Crippen LogP contribution in [-0.4, -0.2) is 50.6 Å². The summed E-state index contributed by atoms with van der Waals surface area (Å²) in [7, 11) is 0. The summed E-state index contributed by atoms with van der Waals surface area (Å²) in [5, 5.41) is 22.5. The van der Waals surface area contributed by atoms with E-state index in [-0.39, 0.29) is 24.3 Å². The number of carbonyl (C=O) groups is 2. The highest BCUT2D eigenvalue weighted by molar-refractivity contribution is 7.13. The quantitative estimate of drug-likeness (QED) is 0.531. The highest BCUT2D eigenvalue weighted by atomic mass is 32.1. The van der Waals surface area contributed by atoms with Crippen LogP contribution in [0.2, 0.25) is 0 Å². The van der Waals surface area contributed by atoms with Crippen LogP contribution in [0.4, 0.5) is 0 Å². The van der Waals surface area contributed by atoms with Crippen molar-refractivity contribution in [1.82, 2.24) is 15.2 Å². The van der Waals surface area contributed by atoms with Crippen molar-refractivity contribution in [2.45, 2.75) is 32.0 Å². The first-order chi connectivity index (χ1) is 14.9. The number of nitrogens with zero attached hydrogens (tertiary/aromatic N) is 2. The van der Waals surface area contributed by atoms with Crippen molar-refractivity contribution < 1.29 is 19.8 Å². The van der Waals surface area contributed by atoms with Gasteiger partial charge in [0.15, 0.2) is 0 Å². The number of aliphatic hydroxyl groups is 1. The second-order valence-electron chi connectivity index (χ2n) is 7.59. The third-order valence-corrected chi connectivity index (χ3v) is 6.29. The van der Waals surface area contributed by atoms with E-state index in [4.69, 9.17) is 0 Å². The number of carbonyl (C=O) groups excluding carboxylic acids is 2. The van der Waals surface area contributed by atoms with Gasteiger partial charge in [-0.05, 0) is 42.7 Å². The highest BCUT2D eigenvalue weighted by Gasteiger charge is 2.34. The van der Waals surface area contributed by atoms with E-state index in [0.717, 1.165) is 21.7 Å². The minimum absolute atomic E-state index is 0.0445. The molecule has 1 saturated heterocycles. The number of phenols is 1. The number of β-amino-alcohol motifs (C(OH)–C–C–N with tert-alkyl or cyclic N) is 1. The number of rotatable bonds is 5. The van der Waals surface area contributed by atoms with Crippen LogP contribution in [0.3, 0.4) is 0 Å². The van der Waals surface area contributed by atoms with Gasteiger partial charge in [0.05, 0.1) is 34.8 Å². The van der Waals surface area contributed by atoms with E-state index in [1.54, 1.807) is 29.0 Å². The molecule has 1 aromatic heterocycles. The summed E-state index contributed by atoms with van der Waals surface area (Å²) in [5.74, 6) is -0.935. The van der Waals surface area contributed by atoms with Gasteiger partial charge in [-0.15, -0.1) is 11.3 Å². The molecule has 2 atom stereocenters. The highest BCUT2D eigenvalue weighted by Crippen LogP contribution is 2.27. The van der Waals surface area contributed by atoms with Gasteiger partial charge in [0.1, 0.15) is 5.75 Å². The van der Waals surface area contributed by atoms with Gasteiger partial charge in [0, 0.05) is 12.1 Å². The number of aryl methyl sites for hydroxylation is 1. The molecule has 0 saturated carbocycles. The molecule has 1 aliphatic rings. The molecule has 0 spiro atoms. The lowest BCUT2D eigenvalue weighted by atomic mass is 10.1. The van der Waals surface area contributed by atoms with Crippen LogP contribution in [0.5, 0.6) is 5.75 Å². The molecule has 160 valence electrons. The molecule has 0 bridgehead atoms. The van der Waals surface area contributed by atoms with E-state index < -0.39 is 24.0 Å². The van der Waals surface area contributed by atoms with Crippen LogP contribution in [0.25, 0.3) is 10.4 Å². The third-order valence-electron chi connectivity index (χ3n) is 5.31. The minimum Gasteiger partial charge on any atom is -0.508 e. The molecule has 2 aromatic carbocycles. The Hall–Kier alpha value is -3.07. The molecule has 8 heteroatoms. The minimum atomic E-state index is -0.629. The Morgan fingerprint density at radius 3 is 2.61 bits per heavy atom. The van der Waals surface area contributed by atoms with Gasteiger partial charge in [-0.25, -0.2) is 4.98 Å². The van der Waals surface area contributed by atoms with Crippen molar-refractivity contribution in [2.75, 3.05) is 6.54 Å². The Labute approximate surface area is 184 Å². The predicted molar refractivity (Wildman–Crippen MR) is 118 cm³/mol. The number of aliphatic hydroxyl groups excluding tert-OH is 1. The van der Waals surface area contributed by atoms with E-state index in [1.165, 1.54) is 17.0 Å². The maximum absolute atomic E-state index is 13.2. The maximum Gasteiger partial charge on any atom is 0.260 e. The Balaban J connectivity index is 1.60. The summed E-state index contributed by atoms with van der Waals surface area (Å²) in [6.07, 6.45) is -0.361. The van der Waals surface area contributed by atoms with Crippen molar-refractivity contribution in [3.63, 3.8) is 0 Å². The number of benzene rings is 2. The number of hydrogen-bond acceptors (Lipinski definition) is 7. The molecule has 0 radical (unpaired) electrons. The molecular formula is C23H23N3O4S. The number of thiazole rings is 1. The van der Waals surface area contributed by atoms with Gasteiger partial charge in [0.2, 0.25) is 5.91 Å². The number of amides is 2. The second-order valence-corrected chi connectivity index (χ2v) is 8.45. The van der Waals surface area contributed by atoms with Crippen molar-refractivity contribution in [3.05, 3.63) is 70.9 Å². The molecule has 2 amide bonds. The van der Waals surface area contributed by atoms with E-state index in [2.05, 4.69) is 10.3 Å². The zero-order valence-electron chi connectivity index (χ0n) is 17.0. The summed E-state index contributed by atoms with van der Waals surface area (Å²) in [5.41, 5.74) is 4.81. The lowest BCUT2D eigenvalue weighted by Gasteiger charge is -2.24. The first kappa shape index (κ1) is 21.2. The van der Waals surface area contributed by atoms with E-state index >= 15 is 0 Å². The van der Waals surface area contributed by atoms with Crippen LogP contribution in [0, 0.1) is 6.92 Å². The monoisotopic (exact) mass is 437 g/mol. The molecule has 0 unspecified atom stereocenters. The molecule has 31 heavy (non-hydrogen) atoms. The SMILES string of the molecule is Cc1ncsc1-c1ccc(CN(C(=O)c2cccc(O)c2)C(=O)[C@@H]2C[C@@H](O)CN2)cc1. The third kappa shape index (κ3) is 4.66. The molecule has 7 nitrogen and oxygen atoms in total. The fourth-order valence-electron chi connectivity index (χ4n) is 3.66. The van der Waals surface area contributed by atoms with Crippen LogP contribution in [0.1, 0.15) is 28.0 Å². The fraction of sp³-hybridized carbons (Fsp3) is 0.261. The second kappa shape index (κ2) is 8.97. The number of imide groups is 1. The molecule has 3 N–H and O–H groups in total. The summed E-state index contributed by atoms with van der Waals surface area (Å²) in [6.45, 7) is 2.36. The lowest BCUT2D eigenvalue weighted by Crippen LogP contribution is -2.46. The van der Waals surface area contributed by atoms with Crippen LogP contribution >= 0.6 is 11.3 Å². The molecule has 4 rings (SSSR count). The van der Waals surface area contributed by atoms with Gasteiger partial charge < -0.3 is 15.5 Å². The Bertz CT molecular complexity index is 1100. The van der Waals surface area contributed by atoms with Crippen LogP contribution in [0.15, 0.2) is 54.0 Å². The summed E-state index contributed by atoms with van der Waals surface area (Å²) in [6, 6.07) is 13.0. The van der Waals surface area contributed by atoms with Gasteiger partial charge in [-0.2, -0.15) is 0 Å². The average molecular weight is 438 g/mol. The molecule has 1 fully saturated rings. The van der Waals surface area contributed by atoms with Crippen LogP contribution < -0.4 is 5.32 Å². The van der Waals surface area contributed by atoms with Gasteiger partial charge in [-0.3, -0.25) is 14.5 Å². The number of aromatic nitrogens is 1. The summed E-state index contributed by atoms with van der Waals surface area (Å²) >= 11 is 1.56.